The van der Waals surface area contributed by atoms with E-state index in [1.54, 1.807) is 0 Å². The first-order chi connectivity index (χ1) is 11.3. The van der Waals surface area contributed by atoms with Crippen molar-refractivity contribution in [3.05, 3.63) is 24.3 Å². The summed E-state index contributed by atoms with van der Waals surface area (Å²) in [5.41, 5.74) is 0.279. The van der Waals surface area contributed by atoms with E-state index in [9.17, 15) is 0 Å². The topological polar surface area (TPSA) is 49.0 Å². The Hall–Kier alpha value is -0.645. The van der Waals surface area contributed by atoms with Crippen molar-refractivity contribution >= 4 is 20.9 Å². The van der Waals surface area contributed by atoms with E-state index in [0.29, 0.717) is 13.0 Å². The van der Waals surface area contributed by atoms with Gasteiger partial charge in [0.25, 0.3) is 0 Å². The quantitative estimate of drug-likeness (QED) is 0.574. The van der Waals surface area contributed by atoms with Crippen molar-refractivity contribution in [1.29, 1.82) is 0 Å². The van der Waals surface area contributed by atoms with Crippen LogP contribution in [0, 0.1) is 0 Å². The van der Waals surface area contributed by atoms with Crippen molar-refractivity contribution < 1.29 is 18.6 Å². The summed E-state index contributed by atoms with van der Waals surface area (Å²) in [5.74, 6) is 0.798. The van der Waals surface area contributed by atoms with Crippen molar-refractivity contribution in [2.45, 2.75) is 52.7 Å². The fourth-order valence-electron chi connectivity index (χ4n) is 2.32. The van der Waals surface area contributed by atoms with Gasteiger partial charge in [0, 0.05) is 6.61 Å². The van der Waals surface area contributed by atoms with Crippen molar-refractivity contribution in [3.63, 3.8) is 0 Å². The molecule has 1 unspecified atom stereocenters. The maximum Gasteiger partial charge on any atom is 0.494 e. The summed E-state index contributed by atoms with van der Waals surface area (Å²) < 4.78 is 23.8. The molecule has 7 heteroatoms. The third-order valence-corrected chi connectivity index (χ3v) is 5.95. The molecule has 1 N–H and O–H groups in total. The van der Waals surface area contributed by atoms with E-state index in [-0.39, 0.29) is 18.3 Å². The molecule has 1 aromatic carbocycles. The van der Waals surface area contributed by atoms with Gasteiger partial charge in [-0.05, 0) is 58.8 Å². The van der Waals surface area contributed by atoms with Crippen molar-refractivity contribution in [3.8, 4) is 5.75 Å². The molecule has 1 aromatic rings. The van der Waals surface area contributed by atoms with Crippen LogP contribution in [0.1, 0.15) is 41.5 Å². The van der Waals surface area contributed by atoms with Crippen LogP contribution in [0.4, 0.5) is 0 Å². The van der Waals surface area contributed by atoms with Crippen LogP contribution in [-0.4, -0.2) is 37.8 Å². The Labute approximate surface area is 147 Å². The van der Waals surface area contributed by atoms with Gasteiger partial charge in [-0.15, -0.1) is 0 Å². The van der Waals surface area contributed by atoms with Crippen LogP contribution >= 0.6 is 8.30 Å². The zero-order chi connectivity index (χ0) is 17.8. The molecule has 24 heavy (non-hydrogen) atoms. The molecule has 0 aliphatic carbocycles. The summed E-state index contributed by atoms with van der Waals surface area (Å²) in [6.07, 6.45) is 0.518. The molecule has 0 spiro atoms. The van der Waals surface area contributed by atoms with Crippen LogP contribution in [-0.2, 0) is 13.8 Å². The van der Waals surface area contributed by atoms with Crippen LogP contribution in [0.3, 0.4) is 0 Å². The minimum atomic E-state index is -0.770. The van der Waals surface area contributed by atoms with E-state index in [1.165, 1.54) is 0 Å². The maximum absolute atomic E-state index is 6.10. The molecule has 2 rings (SSSR count). The molecule has 134 valence electrons. The molecule has 1 atom stereocenters. The van der Waals surface area contributed by atoms with E-state index >= 15 is 0 Å². The molecule has 5 nitrogen and oxygen atoms in total. The number of benzene rings is 1. The van der Waals surface area contributed by atoms with Gasteiger partial charge in [0.15, 0.2) is 0 Å². The summed E-state index contributed by atoms with van der Waals surface area (Å²) in [5, 5.41) is 3.31. The molecule has 1 saturated heterocycles. The molecule has 0 saturated carbocycles. The first-order valence-corrected chi connectivity index (χ1v) is 9.96. The highest BCUT2D eigenvalue weighted by molar-refractivity contribution is 7.50. The second-order valence-corrected chi connectivity index (χ2v) is 8.33. The van der Waals surface area contributed by atoms with Gasteiger partial charge in [-0.1, -0.05) is 19.1 Å². The molecular weight excluding hydrogens is 324 g/mol. The van der Waals surface area contributed by atoms with Crippen LogP contribution in [0.25, 0.3) is 0 Å². The van der Waals surface area contributed by atoms with Gasteiger partial charge in [-0.2, -0.15) is 0 Å². The van der Waals surface area contributed by atoms with E-state index in [1.807, 2.05) is 31.2 Å². The van der Waals surface area contributed by atoms with E-state index in [4.69, 9.17) is 18.6 Å². The highest BCUT2D eigenvalue weighted by atomic mass is 31.2. The zero-order valence-electron chi connectivity index (χ0n) is 15.6. The lowest BCUT2D eigenvalue weighted by atomic mass is 9.79. The second kappa shape index (κ2) is 8.16. The summed E-state index contributed by atoms with van der Waals surface area (Å²) in [7, 11) is -1.14. The molecule has 0 amide bonds. The van der Waals surface area contributed by atoms with Gasteiger partial charge in [0.2, 0.25) is 0 Å². The minimum Gasteiger partial charge on any atom is -0.485 e. The Kier molecular flexibility index (Phi) is 6.69. The normalized spacial score (nSPS) is 20.2. The molecule has 0 aromatic heterocycles. The van der Waals surface area contributed by atoms with Crippen LogP contribution < -0.4 is 15.3 Å². The fraction of sp³-hybridized carbons (Fsp3) is 0.647. The Morgan fingerprint density at radius 3 is 2.38 bits per heavy atom. The first-order valence-electron chi connectivity index (χ1n) is 8.51. The smallest absolute Gasteiger partial charge is 0.485 e. The lowest BCUT2D eigenvalue weighted by molar-refractivity contribution is 0.00578. The largest absolute Gasteiger partial charge is 0.494 e. The van der Waals surface area contributed by atoms with E-state index < -0.39 is 8.30 Å². The van der Waals surface area contributed by atoms with E-state index in [0.717, 1.165) is 17.8 Å². The number of nitrogens with one attached hydrogen (secondary N) is 1. The van der Waals surface area contributed by atoms with Crippen molar-refractivity contribution in [2.75, 3.05) is 19.5 Å². The molecular formula is C17H29BNO4P. The lowest BCUT2D eigenvalue weighted by Gasteiger charge is -2.32. The van der Waals surface area contributed by atoms with Gasteiger partial charge in [0.1, 0.15) is 20.4 Å². The summed E-state index contributed by atoms with van der Waals surface area (Å²) in [6.45, 7) is 13.8. The van der Waals surface area contributed by atoms with Crippen LogP contribution in [0.15, 0.2) is 24.3 Å². The summed E-state index contributed by atoms with van der Waals surface area (Å²) in [6, 6.07) is 7.89. The fourth-order valence-corrected chi connectivity index (χ4v) is 3.51. The third-order valence-electron chi connectivity index (χ3n) is 4.35. The zero-order valence-corrected chi connectivity index (χ0v) is 16.5. The molecule has 1 aliphatic heterocycles. The first kappa shape index (κ1) is 19.7. The molecule has 1 fully saturated rings. The highest BCUT2D eigenvalue weighted by Crippen LogP contribution is 2.37. The van der Waals surface area contributed by atoms with Crippen molar-refractivity contribution in [2.24, 2.45) is 0 Å². The summed E-state index contributed by atoms with van der Waals surface area (Å²) >= 11 is 0. The molecule has 0 radical (unpaired) electrons. The Balaban J connectivity index is 2.02. The summed E-state index contributed by atoms with van der Waals surface area (Å²) in [4.78, 5) is 0. The maximum atomic E-state index is 6.10. The average molecular weight is 353 g/mol. The van der Waals surface area contributed by atoms with Gasteiger partial charge in [-0.3, -0.25) is 5.09 Å². The van der Waals surface area contributed by atoms with Gasteiger partial charge in [-0.25, -0.2) is 0 Å². The van der Waals surface area contributed by atoms with Gasteiger partial charge in [0.05, 0.1) is 11.2 Å². The highest BCUT2D eigenvalue weighted by Gasteiger charge is 2.51. The predicted octanol–water partition coefficient (Wildman–Crippen LogP) is 3.28. The Morgan fingerprint density at radius 1 is 1.12 bits per heavy atom. The van der Waals surface area contributed by atoms with E-state index in [2.05, 4.69) is 39.7 Å². The van der Waals surface area contributed by atoms with Gasteiger partial charge < -0.3 is 18.6 Å². The number of rotatable bonds is 8. The minimum absolute atomic E-state index is 0.344. The number of hydrogen-bond acceptors (Lipinski definition) is 5. The second-order valence-electron chi connectivity index (χ2n) is 6.74. The molecule has 1 aliphatic rings. The average Bonchev–Trinajstić information content (AvgIpc) is 2.74. The monoisotopic (exact) mass is 353 g/mol. The third kappa shape index (κ3) is 4.71. The van der Waals surface area contributed by atoms with Crippen molar-refractivity contribution in [1.82, 2.24) is 5.09 Å². The standard InChI is InChI=1S/C17H29BNO4P/c1-7-19-24(21-8-2)13-20-15-11-9-10-14(12-15)18-22-16(3,4)17(5,6)23-18/h9-12,19H,7-8,13H2,1-6H3. The molecule has 1 heterocycles. The Morgan fingerprint density at radius 2 is 1.79 bits per heavy atom. The Bertz CT molecular complexity index is 519. The van der Waals surface area contributed by atoms with Gasteiger partial charge >= 0.3 is 7.12 Å². The molecule has 0 bridgehead atoms. The van der Waals surface area contributed by atoms with Crippen LogP contribution in [0.2, 0.25) is 0 Å². The number of ether oxygens (including phenoxy) is 1. The lowest BCUT2D eigenvalue weighted by Crippen LogP contribution is -2.41. The number of hydrogen-bond donors (Lipinski definition) is 1. The predicted molar refractivity (Wildman–Crippen MR) is 99.9 cm³/mol. The van der Waals surface area contributed by atoms with Crippen LogP contribution in [0.5, 0.6) is 5.75 Å². The SMILES string of the molecule is CCNP(COc1cccc(B2OC(C)(C)C(C)(C)O2)c1)OCC.